The Kier molecular flexibility index (Phi) is 6.77. The van der Waals surface area contributed by atoms with Gasteiger partial charge in [-0.1, -0.05) is 48.5 Å². The molecule has 0 saturated carbocycles. The highest BCUT2D eigenvalue weighted by molar-refractivity contribution is 7.10. The molecule has 3 rings (SSSR count). The molecule has 3 aromatic rings. The maximum atomic E-state index is 14.5. The molecule has 0 saturated heterocycles. The van der Waals surface area contributed by atoms with Crippen LogP contribution in [0.5, 0.6) is 0 Å². The first-order chi connectivity index (χ1) is 14.1. The number of hydrogen-bond donors (Lipinski definition) is 1. The zero-order chi connectivity index (χ0) is 20.6. The minimum absolute atomic E-state index is 0.0351. The van der Waals surface area contributed by atoms with Crippen LogP contribution in [0.25, 0.3) is 0 Å². The molecular formula is C23H19FN2O2S. The standard InChI is InChI=1S/C23H19FN2O2S/c1-2-21(27)26(19-12-7-6-11-18(19)24)22(20-13-8-16-29-20)23(28)25-15-14-17-9-4-3-5-10-17/h1,3-13,16,22H,14-15H2,(H,25,28). The normalized spacial score (nSPS) is 11.3. The number of thiophene rings is 1. The largest absolute Gasteiger partial charge is 0.354 e. The summed E-state index contributed by atoms with van der Waals surface area (Å²) in [6.45, 7) is 0.375. The summed E-state index contributed by atoms with van der Waals surface area (Å²) in [5.41, 5.74) is 1.04. The molecule has 2 aromatic carbocycles. The lowest BCUT2D eigenvalue weighted by Crippen LogP contribution is -2.44. The van der Waals surface area contributed by atoms with Gasteiger partial charge in [-0.15, -0.1) is 17.8 Å². The Morgan fingerprint density at radius 3 is 2.45 bits per heavy atom. The molecule has 4 nitrogen and oxygen atoms in total. The first-order valence-electron chi connectivity index (χ1n) is 9.01. The summed E-state index contributed by atoms with van der Waals surface area (Å²) in [6, 6.07) is 17.9. The van der Waals surface area contributed by atoms with E-state index in [1.807, 2.05) is 36.3 Å². The van der Waals surface area contributed by atoms with Crippen LogP contribution >= 0.6 is 11.3 Å². The topological polar surface area (TPSA) is 49.4 Å². The maximum Gasteiger partial charge on any atom is 0.303 e. The van der Waals surface area contributed by atoms with E-state index in [-0.39, 0.29) is 5.69 Å². The van der Waals surface area contributed by atoms with Gasteiger partial charge in [0.25, 0.3) is 0 Å². The van der Waals surface area contributed by atoms with Crippen molar-refractivity contribution in [2.24, 2.45) is 0 Å². The van der Waals surface area contributed by atoms with Crippen molar-refractivity contribution in [2.45, 2.75) is 12.5 Å². The average molecular weight is 406 g/mol. The number of amides is 2. The quantitative estimate of drug-likeness (QED) is 0.604. The minimum Gasteiger partial charge on any atom is -0.354 e. The third-order valence-corrected chi connectivity index (χ3v) is 5.25. The summed E-state index contributed by atoms with van der Waals surface area (Å²) < 4.78 is 14.5. The fourth-order valence-electron chi connectivity index (χ4n) is 2.97. The molecule has 1 N–H and O–H groups in total. The van der Waals surface area contributed by atoms with Crippen molar-refractivity contribution in [3.05, 3.63) is 88.4 Å². The number of anilines is 1. The fraction of sp³-hybridized carbons (Fsp3) is 0.130. The third kappa shape index (κ3) is 4.89. The van der Waals surface area contributed by atoms with E-state index in [0.717, 1.165) is 10.5 Å². The number of rotatable bonds is 7. The van der Waals surface area contributed by atoms with E-state index in [9.17, 15) is 14.0 Å². The molecule has 0 radical (unpaired) electrons. The Labute approximate surface area is 173 Å². The first kappa shape index (κ1) is 20.3. The molecule has 1 heterocycles. The molecule has 1 atom stereocenters. The Morgan fingerprint density at radius 1 is 1.07 bits per heavy atom. The summed E-state index contributed by atoms with van der Waals surface area (Å²) in [4.78, 5) is 27.3. The monoisotopic (exact) mass is 406 g/mol. The van der Waals surface area contributed by atoms with Crippen LogP contribution < -0.4 is 10.2 Å². The van der Waals surface area contributed by atoms with Gasteiger partial charge in [0.2, 0.25) is 5.91 Å². The molecule has 1 unspecified atom stereocenters. The molecule has 0 bridgehead atoms. The van der Waals surface area contributed by atoms with E-state index >= 15 is 0 Å². The fourth-order valence-corrected chi connectivity index (χ4v) is 3.79. The molecule has 0 aliphatic carbocycles. The predicted octanol–water partition coefficient (Wildman–Crippen LogP) is 3.95. The molecule has 2 amide bonds. The lowest BCUT2D eigenvalue weighted by molar-refractivity contribution is -0.125. The van der Waals surface area contributed by atoms with Gasteiger partial charge >= 0.3 is 5.91 Å². The molecule has 0 aliphatic heterocycles. The first-order valence-corrected chi connectivity index (χ1v) is 9.89. The van der Waals surface area contributed by atoms with Crippen molar-refractivity contribution in [2.75, 3.05) is 11.4 Å². The van der Waals surface area contributed by atoms with Crippen LogP contribution in [-0.2, 0) is 16.0 Å². The van der Waals surface area contributed by atoms with Crippen LogP contribution in [0.3, 0.4) is 0 Å². The van der Waals surface area contributed by atoms with Gasteiger partial charge in [-0.3, -0.25) is 14.5 Å². The maximum absolute atomic E-state index is 14.5. The number of benzene rings is 2. The van der Waals surface area contributed by atoms with Crippen LogP contribution in [-0.4, -0.2) is 18.4 Å². The summed E-state index contributed by atoms with van der Waals surface area (Å²) in [5, 5.41) is 4.64. The van der Waals surface area contributed by atoms with Gasteiger partial charge in [-0.2, -0.15) is 0 Å². The van der Waals surface area contributed by atoms with E-state index < -0.39 is 23.7 Å². The van der Waals surface area contributed by atoms with E-state index in [0.29, 0.717) is 17.8 Å². The van der Waals surface area contributed by atoms with Gasteiger partial charge in [0.05, 0.1) is 5.69 Å². The number of hydrogen-bond acceptors (Lipinski definition) is 3. The van der Waals surface area contributed by atoms with Crippen molar-refractivity contribution in [1.29, 1.82) is 0 Å². The van der Waals surface area contributed by atoms with Gasteiger partial charge in [-0.25, -0.2) is 4.39 Å². The molecule has 6 heteroatoms. The third-order valence-electron chi connectivity index (χ3n) is 4.33. The van der Waals surface area contributed by atoms with Crippen LogP contribution in [0, 0.1) is 18.2 Å². The number of terminal acetylenes is 1. The lowest BCUT2D eigenvalue weighted by Gasteiger charge is -2.29. The van der Waals surface area contributed by atoms with Crippen molar-refractivity contribution < 1.29 is 14.0 Å². The smallest absolute Gasteiger partial charge is 0.303 e. The highest BCUT2D eigenvalue weighted by Gasteiger charge is 2.34. The van der Waals surface area contributed by atoms with Crippen LogP contribution in [0.4, 0.5) is 10.1 Å². The molecule has 0 fully saturated rings. The van der Waals surface area contributed by atoms with Gasteiger partial charge in [0.1, 0.15) is 5.82 Å². The number of para-hydroxylation sites is 1. The summed E-state index contributed by atoms with van der Waals surface area (Å²) in [7, 11) is 0. The average Bonchev–Trinajstić information content (AvgIpc) is 3.27. The Hall–Kier alpha value is -3.43. The van der Waals surface area contributed by atoms with Gasteiger partial charge in [0.15, 0.2) is 6.04 Å². The molecule has 29 heavy (non-hydrogen) atoms. The zero-order valence-electron chi connectivity index (χ0n) is 15.5. The lowest BCUT2D eigenvalue weighted by atomic mass is 10.1. The Morgan fingerprint density at radius 2 is 1.79 bits per heavy atom. The molecule has 1 aromatic heterocycles. The summed E-state index contributed by atoms with van der Waals surface area (Å²) >= 11 is 1.30. The highest BCUT2D eigenvalue weighted by Crippen LogP contribution is 2.32. The van der Waals surface area contributed by atoms with Gasteiger partial charge in [-0.05, 0) is 41.5 Å². The van der Waals surface area contributed by atoms with Gasteiger partial charge in [0, 0.05) is 11.4 Å². The van der Waals surface area contributed by atoms with Crippen molar-refractivity contribution in [3.8, 4) is 12.3 Å². The van der Waals surface area contributed by atoms with Crippen molar-refractivity contribution >= 4 is 28.8 Å². The number of carbonyl (C=O) groups excluding carboxylic acids is 2. The second-order valence-corrected chi connectivity index (χ2v) is 7.19. The van der Waals surface area contributed by atoms with E-state index in [2.05, 4.69) is 5.32 Å². The zero-order valence-corrected chi connectivity index (χ0v) is 16.4. The number of nitrogens with zero attached hydrogens (tertiary/aromatic N) is 1. The second-order valence-electron chi connectivity index (χ2n) is 6.22. The highest BCUT2D eigenvalue weighted by atomic mass is 32.1. The number of carbonyl (C=O) groups is 2. The summed E-state index contributed by atoms with van der Waals surface area (Å²) in [5.74, 6) is 0.179. The van der Waals surface area contributed by atoms with E-state index in [1.54, 1.807) is 23.6 Å². The van der Waals surface area contributed by atoms with Crippen molar-refractivity contribution in [1.82, 2.24) is 5.32 Å². The van der Waals surface area contributed by atoms with Crippen molar-refractivity contribution in [3.63, 3.8) is 0 Å². The minimum atomic E-state index is -1.06. The van der Waals surface area contributed by atoms with E-state index in [1.165, 1.54) is 29.5 Å². The summed E-state index contributed by atoms with van der Waals surface area (Å²) in [6.07, 6.45) is 5.97. The molecule has 146 valence electrons. The van der Waals surface area contributed by atoms with E-state index in [4.69, 9.17) is 6.42 Å². The second kappa shape index (κ2) is 9.67. The molecule has 0 spiro atoms. The Balaban J connectivity index is 1.89. The van der Waals surface area contributed by atoms with Gasteiger partial charge < -0.3 is 5.32 Å². The van der Waals surface area contributed by atoms with Crippen LogP contribution in [0.2, 0.25) is 0 Å². The van der Waals surface area contributed by atoms with Crippen LogP contribution in [0.15, 0.2) is 72.1 Å². The van der Waals surface area contributed by atoms with Crippen LogP contribution in [0.1, 0.15) is 16.5 Å². The predicted molar refractivity (Wildman–Crippen MR) is 113 cm³/mol. The Bertz CT molecular complexity index is 1010. The molecular weight excluding hydrogens is 387 g/mol. The number of nitrogens with one attached hydrogen (secondary N) is 1. The SMILES string of the molecule is C#CC(=O)N(c1ccccc1F)C(C(=O)NCCc1ccccc1)c1cccs1. The number of halogens is 1. The molecule has 0 aliphatic rings.